The summed E-state index contributed by atoms with van der Waals surface area (Å²) in [5.74, 6) is -0.311. The molecule has 3 N–H and O–H groups in total. The average Bonchev–Trinajstić information content (AvgIpc) is 2.55. The normalized spacial score (nSPS) is 16.8. The molecule has 0 aliphatic carbocycles. The zero-order chi connectivity index (χ0) is 17.1. The summed E-state index contributed by atoms with van der Waals surface area (Å²) in [7, 11) is 0. The number of nitrogens with zero attached hydrogens (tertiary/aromatic N) is 2. The van der Waals surface area contributed by atoms with Crippen molar-refractivity contribution in [3.8, 4) is 0 Å². The first-order valence-corrected chi connectivity index (χ1v) is 8.01. The summed E-state index contributed by atoms with van der Waals surface area (Å²) in [6, 6.07) is 5.74. The van der Waals surface area contributed by atoms with Gasteiger partial charge in [-0.3, -0.25) is 4.98 Å². The minimum atomic E-state index is -0.589. The van der Waals surface area contributed by atoms with Crippen molar-refractivity contribution in [3.63, 3.8) is 0 Å². The van der Waals surface area contributed by atoms with Gasteiger partial charge < -0.3 is 10.6 Å². The van der Waals surface area contributed by atoms with Crippen molar-refractivity contribution >= 4 is 5.95 Å². The predicted octanol–water partition coefficient (Wildman–Crippen LogP) is 1.17. The Balaban J connectivity index is 1.84. The molecule has 128 valence electrons. The Kier molecular flexibility index (Phi) is 4.75. The minimum Gasteiger partial charge on any atom is -0.349 e. The highest BCUT2D eigenvalue weighted by Gasteiger charge is 2.20. The molecular formula is C16H20FN5O2. The Morgan fingerprint density at radius 2 is 2.00 bits per heavy atom. The van der Waals surface area contributed by atoms with Crippen molar-refractivity contribution in [1.29, 1.82) is 0 Å². The Bertz CT molecular complexity index is 794. The van der Waals surface area contributed by atoms with Crippen LogP contribution in [0.15, 0.2) is 33.9 Å². The van der Waals surface area contributed by atoms with Crippen molar-refractivity contribution in [2.24, 2.45) is 0 Å². The van der Waals surface area contributed by atoms with Gasteiger partial charge in [-0.2, -0.15) is 4.98 Å². The number of halogens is 1. The Morgan fingerprint density at radius 1 is 1.29 bits per heavy atom. The number of hydrogen-bond donors (Lipinski definition) is 3. The van der Waals surface area contributed by atoms with E-state index in [4.69, 9.17) is 0 Å². The highest BCUT2D eigenvalue weighted by molar-refractivity contribution is 5.31. The second-order valence-electron chi connectivity index (χ2n) is 5.91. The highest BCUT2D eigenvalue weighted by atomic mass is 19.1. The molecular weight excluding hydrogens is 313 g/mol. The number of aromatic nitrogens is 3. The van der Waals surface area contributed by atoms with Gasteiger partial charge in [0.15, 0.2) is 0 Å². The van der Waals surface area contributed by atoms with Crippen molar-refractivity contribution in [2.45, 2.75) is 31.8 Å². The van der Waals surface area contributed by atoms with Gasteiger partial charge in [-0.1, -0.05) is 18.2 Å². The fourth-order valence-corrected chi connectivity index (χ4v) is 2.99. The lowest BCUT2D eigenvalue weighted by molar-refractivity contribution is 0.345. The molecule has 1 unspecified atom stereocenters. The van der Waals surface area contributed by atoms with Crippen LogP contribution in [0, 0.1) is 5.82 Å². The second-order valence-corrected chi connectivity index (χ2v) is 5.91. The van der Waals surface area contributed by atoms with E-state index in [1.807, 2.05) is 0 Å². The van der Waals surface area contributed by atoms with E-state index in [1.54, 1.807) is 25.1 Å². The molecule has 7 nitrogen and oxygen atoms in total. The third kappa shape index (κ3) is 3.38. The van der Waals surface area contributed by atoms with Crippen molar-refractivity contribution in [1.82, 2.24) is 19.9 Å². The zero-order valence-electron chi connectivity index (χ0n) is 13.4. The van der Waals surface area contributed by atoms with Crippen LogP contribution < -0.4 is 22.0 Å². The zero-order valence-corrected chi connectivity index (χ0v) is 13.4. The van der Waals surface area contributed by atoms with Gasteiger partial charge in [-0.15, -0.1) is 0 Å². The van der Waals surface area contributed by atoms with E-state index >= 15 is 0 Å². The van der Waals surface area contributed by atoms with Crippen LogP contribution in [0.2, 0.25) is 0 Å². The van der Waals surface area contributed by atoms with Crippen molar-refractivity contribution < 1.29 is 4.39 Å². The Hall–Kier alpha value is -2.48. The molecule has 0 spiro atoms. The first kappa shape index (κ1) is 16.4. The van der Waals surface area contributed by atoms with E-state index in [0.717, 1.165) is 13.1 Å². The van der Waals surface area contributed by atoms with Crippen molar-refractivity contribution in [3.05, 3.63) is 56.6 Å². The van der Waals surface area contributed by atoms with E-state index < -0.39 is 17.4 Å². The summed E-state index contributed by atoms with van der Waals surface area (Å²) in [5, 5.41) is 6.07. The lowest BCUT2D eigenvalue weighted by Gasteiger charge is -2.23. The highest BCUT2D eigenvalue weighted by Crippen LogP contribution is 2.19. The first-order valence-electron chi connectivity index (χ1n) is 8.01. The number of anilines is 1. The molecule has 1 aromatic carbocycles. The van der Waals surface area contributed by atoms with Gasteiger partial charge in [0.1, 0.15) is 5.82 Å². The summed E-state index contributed by atoms with van der Waals surface area (Å²) in [5.41, 5.74) is -0.651. The fraction of sp³-hybridized carbons (Fsp3) is 0.438. The maximum absolute atomic E-state index is 13.8. The summed E-state index contributed by atoms with van der Waals surface area (Å²) >= 11 is 0. The third-order valence-corrected chi connectivity index (χ3v) is 4.26. The average molecular weight is 333 g/mol. The Labute approximate surface area is 137 Å². The SMILES string of the molecule is CC(Nc1nc(=O)n(C2CCNCC2)c(=O)[nH]1)c1ccccc1F. The lowest BCUT2D eigenvalue weighted by atomic mass is 10.1. The van der Waals surface area contributed by atoms with Gasteiger partial charge in [0.05, 0.1) is 6.04 Å². The van der Waals surface area contributed by atoms with E-state index in [1.165, 1.54) is 10.6 Å². The predicted molar refractivity (Wildman–Crippen MR) is 88.7 cm³/mol. The van der Waals surface area contributed by atoms with E-state index in [2.05, 4.69) is 20.6 Å². The van der Waals surface area contributed by atoms with Crippen molar-refractivity contribution in [2.75, 3.05) is 18.4 Å². The van der Waals surface area contributed by atoms with Crippen LogP contribution in [0.3, 0.4) is 0 Å². The number of aromatic amines is 1. The van der Waals surface area contributed by atoms with Gasteiger partial charge in [0, 0.05) is 11.6 Å². The molecule has 0 saturated carbocycles. The molecule has 1 aliphatic rings. The molecule has 2 heterocycles. The molecule has 1 aliphatic heterocycles. The van der Waals surface area contributed by atoms with E-state index in [0.29, 0.717) is 18.4 Å². The standard InChI is InChI=1S/C16H20FN5O2/c1-10(12-4-2-3-5-13(12)17)19-14-20-15(23)22(16(24)21-14)11-6-8-18-9-7-11/h2-5,10-11,18H,6-9H2,1H3,(H2,19,20,21,23,24). The first-order chi connectivity index (χ1) is 11.6. The smallest absolute Gasteiger partial charge is 0.349 e. The lowest BCUT2D eigenvalue weighted by Crippen LogP contribution is -2.43. The quantitative estimate of drug-likeness (QED) is 0.781. The molecule has 8 heteroatoms. The topological polar surface area (TPSA) is 91.8 Å². The number of nitrogens with one attached hydrogen (secondary N) is 3. The molecule has 2 aromatic rings. The van der Waals surface area contributed by atoms with Crippen LogP contribution in [0.25, 0.3) is 0 Å². The van der Waals surface area contributed by atoms with Crippen LogP contribution >= 0.6 is 0 Å². The molecule has 0 radical (unpaired) electrons. The largest absolute Gasteiger partial charge is 0.355 e. The van der Waals surface area contributed by atoms with Gasteiger partial charge >= 0.3 is 11.4 Å². The summed E-state index contributed by atoms with van der Waals surface area (Å²) < 4.78 is 15.0. The number of rotatable bonds is 4. The molecule has 24 heavy (non-hydrogen) atoms. The summed E-state index contributed by atoms with van der Waals surface area (Å²) in [6.07, 6.45) is 1.42. The molecule has 1 atom stereocenters. The molecule has 3 rings (SSSR count). The van der Waals surface area contributed by atoms with Gasteiger partial charge in [0.2, 0.25) is 5.95 Å². The maximum atomic E-state index is 13.8. The fourth-order valence-electron chi connectivity index (χ4n) is 2.99. The van der Waals surface area contributed by atoms with Gasteiger partial charge in [-0.25, -0.2) is 18.5 Å². The monoisotopic (exact) mass is 333 g/mol. The van der Waals surface area contributed by atoms with Crippen LogP contribution in [-0.4, -0.2) is 27.6 Å². The summed E-state index contributed by atoms with van der Waals surface area (Å²) in [4.78, 5) is 31.0. The summed E-state index contributed by atoms with van der Waals surface area (Å²) in [6.45, 7) is 3.26. The molecule has 1 fully saturated rings. The van der Waals surface area contributed by atoms with E-state index in [9.17, 15) is 14.0 Å². The Morgan fingerprint density at radius 3 is 2.67 bits per heavy atom. The van der Waals surface area contributed by atoms with Crippen LogP contribution in [0.5, 0.6) is 0 Å². The molecule has 0 bridgehead atoms. The van der Waals surface area contributed by atoms with Crippen LogP contribution in [0.1, 0.15) is 37.4 Å². The number of benzene rings is 1. The van der Waals surface area contributed by atoms with Gasteiger partial charge in [0.25, 0.3) is 0 Å². The minimum absolute atomic E-state index is 0.0472. The maximum Gasteiger partial charge on any atom is 0.355 e. The van der Waals surface area contributed by atoms with Crippen LogP contribution in [-0.2, 0) is 0 Å². The number of piperidine rings is 1. The number of hydrogen-bond acceptors (Lipinski definition) is 5. The van der Waals surface area contributed by atoms with E-state index in [-0.39, 0.29) is 17.8 Å². The molecule has 0 amide bonds. The molecule has 1 aromatic heterocycles. The number of H-pyrrole nitrogens is 1. The second kappa shape index (κ2) is 6.96. The third-order valence-electron chi connectivity index (χ3n) is 4.26. The van der Waals surface area contributed by atoms with Crippen LogP contribution in [0.4, 0.5) is 10.3 Å². The van der Waals surface area contributed by atoms with Gasteiger partial charge in [-0.05, 0) is 38.9 Å². The molecule has 1 saturated heterocycles.